The normalized spacial score (nSPS) is 11.7. The number of ether oxygens (including phenoxy) is 1. The molecular formula is C27H26FN3O2. The summed E-state index contributed by atoms with van der Waals surface area (Å²) in [7, 11) is 1.61. The van der Waals surface area contributed by atoms with Gasteiger partial charge in [0.15, 0.2) is 0 Å². The molecule has 4 aromatic rings. The number of rotatable bonds is 8. The Bertz CT molecular complexity index is 1220. The highest BCUT2D eigenvalue weighted by Gasteiger charge is 2.15. The maximum atomic E-state index is 13.9. The minimum Gasteiger partial charge on any atom is -0.497 e. The van der Waals surface area contributed by atoms with Crippen LogP contribution in [0, 0.1) is 5.82 Å². The molecule has 0 saturated carbocycles. The Morgan fingerprint density at radius 2 is 1.79 bits per heavy atom. The molecule has 0 spiro atoms. The minimum absolute atomic E-state index is 0.0438. The van der Waals surface area contributed by atoms with Crippen LogP contribution in [0.2, 0.25) is 0 Å². The molecule has 0 fully saturated rings. The van der Waals surface area contributed by atoms with Crippen LogP contribution in [0.5, 0.6) is 5.75 Å². The molecule has 1 heterocycles. The van der Waals surface area contributed by atoms with Gasteiger partial charge in [-0.2, -0.15) is 5.10 Å². The highest BCUT2D eigenvalue weighted by Crippen LogP contribution is 2.26. The SMILES string of the molecule is COc1ccc(-n2nc(CCC(=O)NC(C)c3ccccc3)cc2-c2cccc(F)c2)cc1. The van der Waals surface area contributed by atoms with Crippen molar-refractivity contribution >= 4 is 5.91 Å². The number of benzene rings is 3. The van der Waals surface area contributed by atoms with Crippen molar-refractivity contribution in [2.75, 3.05) is 7.11 Å². The summed E-state index contributed by atoms with van der Waals surface area (Å²) in [5.41, 5.74) is 4.11. The first kappa shape index (κ1) is 22.3. The number of aromatic nitrogens is 2. The molecule has 1 amide bonds. The largest absolute Gasteiger partial charge is 0.497 e. The molecule has 0 radical (unpaired) electrons. The van der Waals surface area contributed by atoms with Crippen LogP contribution in [-0.4, -0.2) is 22.8 Å². The third-order valence-electron chi connectivity index (χ3n) is 5.48. The van der Waals surface area contributed by atoms with E-state index in [9.17, 15) is 9.18 Å². The van der Waals surface area contributed by atoms with Gasteiger partial charge in [-0.15, -0.1) is 0 Å². The predicted molar refractivity (Wildman–Crippen MR) is 127 cm³/mol. The molecule has 0 aliphatic carbocycles. The lowest BCUT2D eigenvalue weighted by Gasteiger charge is -2.13. The molecule has 0 bridgehead atoms. The van der Waals surface area contributed by atoms with E-state index in [1.165, 1.54) is 12.1 Å². The summed E-state index contributed by atoms with van der Waals surface area (Å²) in [6.45, 7) is 1.97. The van der Waals surface area contributed by atoms with Crippen LogP contribution in [0.1, 0.15) is 30.6 Å². The molecule has 168 valence electrons. The fourth-order valence-corrected chi connectivity index (χ4v) is 3.71. The topological polar surface area (TPSA) is 56.2 Å². The van der Waals surface area contributed by atoms with Crippen molar-refractivity contribution in [3.8, 4) is 22.7 Å². The lowest BCUT2D eigenvalue weighted by Crippen LogP contribution is -2.26. The van der Waals surface area contributed by atoms with Crippen molar-refractivity contribution in [3.63, 3.8) is 0 Å². The molecule has 6 heteroatoms. The number of carbonyl (C=O) groups excluding carboxylic acids is 1. The number of hydrogen-bond donors (Lipinski definition) is 1. The fraction of sp³-hybridized carbons (Fsp3) is 0.185. The van der Waals surface area contributed by atoms with Gasteiger partial charge in [0.2, 0.25) is 5.91 Å². The molecule has 1 atom stereocenters. The highest BCUT2D eigenvalue weighted by molar-refractivity contribution is 5.76. The summed E-state index contributed by atoms with van der Waals surface area (Å²) in [4.78, 5) is 12.5. The van der Waals surface area contributed by atoms with E-state index in [2.05, 4.69) is 5.32 Å². The van der Waals surface area contributed by atoms with Crippen LogP contribution in [-0.2, 0) is 11.2 Å². The molecule has 1 aromatic heterocycles. The molecular weight excluding hydrogens is 417 g/mol. The van der Waals surface area contributed by atoms with Crippen molar-refractivity contribution in [3.05, 3.63) is 102 Å². The Kier molecular flexibility index (Phi) is 6.83. The molecule has 0 saturated heterocycles. The van der Waals surface area contributed by atoms with Gasteiger partial charge in [0, 0.05) is 18.4 Å². The van der Waals surface area contributed by atoms with Gasteiger partial charge in [-0.25, -0.2) is 9.07 Å². The standard InChI is InChI=1S/C27H26FN3O2/c1-19(20-7-4-3-5-8-20)29-27(32)16-11-23-18-26(21-9-6-10-22(28)17-21)31(30-23)24-12-14-25(33-2)15-13-24/h3-10,12-15,17-19H,11,16H2,1-2H3,(H,29,32). The van der Waals surface area contributed by atoms with Crippen LogP contribution in [0.15, 0.2) is 84.9 Å². The average molecular weight is 444 g/mol. The van der Waals surface area contributed by atoms with Gasteiger partial charge in [0.05, 0.1) is 30.2 Å². The molecule has 1 unspecified atom stereocenters. The molecule has 4 rings (SSSR count). The zero-order valence-corrected chi connectivity index (χ0v) is 18.7. The minimum atomic E-state index is -0.314. The van der Waals surface area contributed by atoms with E-state index in [0.29, 0.717) is 18.4 Å². The van der Waals surface area contributed by atoms with E-state index in [4.69, 9.17) is 9.84 Å². The zero-order chi connectivity index (χ0) is 23.2. The Hall–Kier alpha value is -3.93. The van der Waals surface area contributed by atoms with Gasteiger partial charge in [-0.1, -0.05) is 42.5 Å². The van der Waals surface area contributed by atoms with Gasteiger partial charge in [-0.05, 0) is 55.0 Å². The molecule has 0 aliphatic rings. The number of aryl methyl sites for hydroxylation is 1. The third kappa shape index (κ3) is 5.47. The van der Waals surface area contributed by atoms with Gasteiger partial charge < -0.3 is 10.1 Å². The Labute approximate surface area is 192 Å². The lowest BCUT2D eigenvalue weighted by molar-refractivity contribution is -0.121. The maximum absolute atomic E-state index is 13.9. The van der Waals surface area contributed by atoms with Gasteiger partial charge in [-0.3, -0.25) is 4.79 Å². The Morgan fingerprint density at radius 1 is 1.03 bits per heavy atom. The summed E-state index contributed by atoms with van der Waals surface area (Å²) in [6, 6.07) is 25.6. The number of methoxy groups -OCH3 is 1. The summed E-state index contributed by atoms with van der Waals surface area (Å²) in [5, 5.41) is 7.76. The van der Waals surface area contributed by atoms with E-state index in [-0.39, 0.29) is 17.8 Å². The van der Waals surface area contributed by atoms with Crippen LogP contribution < -0.4 is 10.1 Å². The second-order valence-electron chi connectivity index (χ2n) is 7.84. The van der Waals surface area contributed by atoms with E-state index in [0.717, 1.165) is 28.4 Å². The van der Waals surface area contributed by atoms with Crippen molar-refractivity contribution in [2.24, 2.45) is 0 Å². The Morgan fingerprint density at radius 3 is 2.48 bits per heavy atom. The smallest absolute Gasteiger partial charge is 0.220 e. The molecule has 3 aromatic carbocycles. The Balaban J connectivity index is 1.54. The predicted octanol–water partition coefficient (Wildman–Crippen LogP) is 5.50. The second kappa shape index (κ2) is 10.1. The molecule has 5 nitrogen and oxygen atoms in total. The van der Waals surface area contributed by atoms with E-state index < -0.39 is 0 Å². The van der Waals surface area contributed by atoms with E-state index >= 15 is 0 Å². The summed E-state index contributed by atoms with van der Waals surface area (Å²) < 4.78 is 20.9. The second-order valence-corrected chi connectivity index (χ2v) is 7.84. The maximum Gasteiger partial charge on any atom is 0.220 e. The number of carbonyl (C=O) groups is 1. The summed E-state index contributed by atoms with van der Waals surface area (Å²) >= 11 is 0. The van der Waals surface area contributed by atoms with Crippen LogP contribution in [0.3, 0.4) is 0 Å². The molecule has 1 N–H and O–H groups in total. The first-order valence-corrected chi connectivity index (χ1v) is 10.9. The number of hydrogen-bond acceptors (Lipinski definition) is 3. The molecule has 0 aliphatic heterocycles. The number of halogens is 1. The van der Waals surface area contributed by atoms with Gasteiger partial charge in [0.1, 0.15) is 11.6 Å². The van der Waals surface area contributed by atoms with Crippen molar-refractivity contribution in [1.29, 1.82) is 0 Å². The highest BCUT2D eigenvalue weighted by atomic mass is 19.1. The van der Waals surface area contributed by atoms with Crippen molar-refractivity contribution in [1.82, 2.24) is 15.1 Å². The van der Waals surface area contributed by atoms with Crippen LogP contribution >= 0.6 is 0 Å². The van der Waals surface area contributed by atoms with Crippen molar-refractivity contribution < 1.29 is 13.9 Å². The van der Waals surface area contributed by atoms with Crippen LogP contribution in [0.25, 0.3) is 16.9 Å². The number of nitrogens with one attached hydrogen (secondary N) is 1. The monoisotopic (exact) mass is 443 g/mol. The number of amides is 1. The lowest BCUT2D eigenvalue weighted by atomic mass is 10.1. The van der Waals surface area contributed by atoms with Gasteiger partial charge >= 0.3 is 0 Å². The number of nitrogens with zero attached hydrogens (tertiary/aromatic N) is 2. The van der Waals surface area contributed by atoms with E-state index in [1.807, 2.05) is 73.7 Å². The van der Waals surface area contributed by atoms with Crippen LogP contribution in [0.4, 0.5) is 4.39 Å². The first-order valence-electron chi connectivity index (χ1n) is 10.9. The zero-order valence-electron chi connectivity index (χ0n) is 18.7. The summed E-state index contributed by atoms with van der Waals surface area (Å²) in [5.74, 6) is 0.381. The third-order valence-corrected chi connectivity index (χ3v) is 5.48. The average Bonchev–Trinajstić information content (AvgIpc) is 3.28. The van der Waals surface area contributed by atoms with E-state index in [1.54, 1.807) is 17.9 Å². The molecule has 33 heavy (non-hydrogen) atoms. The first-order chi connectivity index (χ1) is 16.0. The van der Waals surface area contributed by atoms with Crippen molar-refractivity contribution in [2.45, 2.75) is 25.8 Å². The quantitative estimate of drug-likeness (QED) is 0.391. The van der Waals surface area contributed by atoms with Gasteiger partial charge in [0.25, 0.3) is 0 Å². The summed E-state index contributed by atoms with van der Waals surface area (Å²) in [6.07, 6.45) is 0.776. The fourth-order valence-electron chi connectivity index (χ4n) is 3.71.